The van der Waals surface area contributed by atoms with Crippen LogP contribution in [0.25, 0.3) is 0 Å². The van der Waals surface area contributed by atoms with E-state index in [1.807, 2.05) is 12.1 Å². The van der Waals surface area contributed by atoms with Gasteiger partial charge < -0.3 is 0 Å². The molecular weight excluding hydrogens is 208 g/mol. The lowest BCUT2D eigenvalue weighted by atomic mass is 10.2. The Balaban J connectivity index is 2.15. The number of rotatable bonds is 3. The van der Waals surface area contributed by atoms with Gasteiger partial charge in [0.05, 0.1) is 0 Å². The summed E-state index contributed by atoms with van der Waals surface area (Å²) in [5.74, 6) is 0. The fraction of sp³-hybridized carbons (Fsp3) is 0. The Morgan fingerprint density at radius 2 is 1.67 bits per heavy atom. The second kappa shape index (κ2) is 4.70. The Bertz CT molecular complexity index is 442. The van der Waals surface area contributed by atoms with Crippen LogP contribution in [0.1, 0.15) is 10.4 Å². The van der Waals surface area contributed by atoms with Gasteiger partial charge in [-0.25, -0.2) is 9.97 Å². The molecule has 0 N–H and O–H groups in total. The number of aromatic nitrogens is 2. The maximum absolute atomic E-state index is 10.4. The molecule has 1 aromatic carbocycles. The van der Waals surface area contributed by atoms with Crippen LogP contribution in [0.4, 0.5) is 0 Å². The van der Waals surface area contributed by atoms with Gasteiger partial charge in [0.15, 0.2) is 0 Å². The second-order valence-electron chi connectivity index (χ2n) is 2.86. The summed E-state index contributed by atoms with van der Waals surface area (Å²) in [6.45, 7) is 0. The molecule has 0 saturated heterocycles. The molecule has 0 aliphatic rings. The van der Waals surface area contributed by atoms with Gasteiger partial charge in [0.25, 0.3) is 0 Å². The number of hydrogen-bond acceptors (Lipinski definition) is 4. The third kappa shape index (κ3) is 2.63. The van der Waals surface area contributed by atoms with Gasteiger partial charge in [-0.2, -0.15) is 0 Å². The molecule has 15 heavy (non-hydrogen) atoms. The molecule has 0 radical (unpaired) electrons. The van der Waals surface area contributed by atoms with Gasteiger partial charge in [0, 0.05) is 27.7 Å². The van der Waals surface area contributed by atoms with Crippen molar-refractivity contribution in [1.29, 1.82) is 0 Å². The quantitative estimate of drug-likeness (QED) is 0.739. The molecule has 0 atom stereocenters. The van der Waals surface area contributed by atoms with E-state index in [4.69, 9.17) is 0 Å². The van der Waals surface area contributed by atoms with Crippen LogP contribution in [0.15, 0.2) is 52.8 Å². The van der Waals surface area contributed by atoms with Gasteiger partial charge in [0.2, 0.25) is 0 Å². The largest absolute Gasteiger partial charge is 0.298 e. The lowest BCUT2D eigenvalue weighted by molar-refractivity contribution is 0.112. The highest BCUT2D eigenvalue weighted by molar-refractivity contribution is 7.99. The summed E-state index contributed by atoms with van der Waals surface area (Å²) in [4.78, 5) is 20.4. The Morgan fingerprint density at radius 3 is 2.27 bits per heavy atom. The Labute approximate surface area is 91.6 Å². The predicted molar refractivity (Wildman–Crippen MR) is 58.0 cm³/mol. The summed E-state index contributed by atoms with van der Waals surface area (Å²) in [5, 5.41) is 0. The van der Waals surface area contributed by atoms with E-state index in [1.165, 1.54) is 6.33 Å². The number of carbonyl (C=O) groups is 1. The van der Waals surface area contributed by atoms with Gasteiger partial charge in [-0.05, 0) is 12.1 Å². The highest BCUT2D eigenvalue weighted by atomic mass is 32.2. The summed E-state index contributed by atoms with van der Waals surface area (Å²) >= 11 is 1.57. The topological polar surface area (TPSA) is 42.9 Å². The zero-order chi connectivity index (χ0) is 10.5. The normalized spacial score (nSPS) is 9.87. The zero-order valence-corrected chi connectivity index (χ0v) is 8.65. The number of carbonyl (C=O) groups excluding carboxylic acids is 1. The van der Waals surface area contributed by atoms with Crippen molar-refractivity contribution in [3.8, 4) is 0 Å². The second-order valence-corrected chi connectivity index (χ2v) is 4.01. The highest BCUT2D eigenvalue weighted by Crippen LogP contribution is 2.25. The van der Waals surface area contributed by atoms with Crippen molar-refractivity contribution in [2.24, 2.45) is 0 Å². The molecule has 4 heteroatoms. The highest BCUT2D eigenvalue weighted by Gasteiger charge is 1.97. The minimum atomic E-state index is 0.684. The standard InChI is InChI=1S/C11H8N2OS/c14-7-9-1-3-10(4-2-9)15-11-5-12-8-13-6-11/h1-8H. The SMILES string of the molecule is O=Cc1ccc(Sc2cncnc2)cc1. The van der Waals surface area contributed by atoms with Crippen LogP contribution in [-0.4, -0.2) is 16.3 Å². The van der Waals surface area contributed by atoms with Gasteiger partial charge in [-0.15, -0.1) is 0 Å². The zero-order valence-electron chi connectivity index (χ0n) is 7.83. The molecule has 74 valence electrons. The molecule has 0 aliphatic heterocycles. The summed E-state index contributed by atoms with van der Waals surface area (Å²) < 4.78 is 0. The number of nitrogens with zero attached hydrogens (tertiary/aromatic N) is 2. The summed E-state index contributed by atoms with van der Waals surface area (Å²) in [6, 6.07) is 7.39. The molecule has 0 spiro atoms. The summed E-state index contributed by atoms with van der Waals surface area (Å²) in [6.07, 6.45) is 5.84. The minimum Gasteiger partial charge on any atom is -0.298 e. The predicted octanol–water partition coefficient (Wildman–Crippen LogP) is 2.44. The molecule has 0 bridgehead atoms. The first kappa shape index (κ1) is 9.86. The number of benzene rings is 1. The van der Waals surface area contributed by atoms with Crippen molar-refractivity contribution >= 4 is 18.0 Å². The van der Waals surface area contributed by atoms with E-state index in [0.29, 0.717) is 5.56 Å². The maximum Gasteiger partial charge on any atom is 0.150 e. The summed E-state index contributed by atoms with van der Waals surface area (Å²) in [7, 11) is 0. The molecule has 0 saturated carbocycles. The number of aldehydes is 1. The van der Waals surface area contributed by atoms with Crippen LogP contribution in [0, 0.1) is 0 Å². The first-order chi connectivity index (χ1) is 7.38. The average Bonchev–Trinajstić information content (AvgIpc) is 2.31. The van der Waals surface area contributed by atoms with E-state index in [-0.39, 0.29) is 0 Å². The average molecular weight is 216 g/mol. The third-order valence-corrected chi connectivity index (χ3v) is 2.74. The van der Waals surface area contributed by atoms with Crippen molar-refractivity contribution in [3.63, 3.8) is 0 Å². The third-order valence-electron chi connectivity index (χ3n) is 1.79. The van der Waals surface area contributed by atoms with Gasteiger partial charge in [0.1, 0.15) is 12.6 Å². The molecule has 0 amide bonds. The van der Waals surface area contributed by atoms with Crippen LogP contribution in [0.5, 0.6) is 0 Å². The molecular formula is C11H8N2OS. The van der Waals surface area contributed by atoms with Crippen molar-refractivity contribution in [1.82, 2.24) is 9.97 Å². The van der Waals surface area contributed by atoms with Crippen molar-refractivity contribution in [2.45, 2.75) is 9.79 Å². The lowest BCUT2D eigenvalue weighted by Gasteiger charge is -1.99. The van der Waals surface area contributed by atoms with Crippen LogP contribution in [0.2, 0.25) is 0 Å². The molecule has 1 aromatic heterocycles. The maximum atomic E-state index is 10.4. The van der Waals surface area contributed by atoms with Gasteiger partial charge in [-0.3, -0.25) is 4.79 Å². The molecule has 2 rings (SSSR count). The first-order valence-electron chi connectivity index (χ1n) is 4.36. The molecule has 1 heterocycles. The molecule has 3 nitrogen and oxygen atoms in total. The van der Waals surface area contributed by atoms with E-state index in [9.17, 15) is 4.79 Å². The first-order valence-corrected chi connectivity index (χ1v) is 5.18. The van der Waals surface area contributed by atoms with Crippen LogP contribution < -0.4 is 0 Å². The Kier molecular flexibility index (Phi) is 3.09. The van der Waals surface area contributed by atoms with Crippen LogP contribution in [0.3, 0.4) is 0 Å². The van der Waals surface area contributed by atoms with Crippen molar-refractivity contribution in [2.75, 3.05) is 0 Å². The molecule has 0 aliphatic carbocycles. The van der Waals surface area contributed by atoms with Crippen LogP contribution in [-0.2, 0) is 0 Å². The fourth-order valence-corrected chi connectivity index (χ4v) is 1.86. The smallest absolute Gasteiger partial charge is 0.150 e. The Morgan fingerprint density at radius 1 is 1.00 bits per heavy atom. The van der Waals surface area contributed by atoms with E-state index in [1.54, 1.807) is 36.3 Å². The van der Waals surface area contributed by atoms with Crippen molar-refractivity contribution in [3.05, 3.63) is 48.5 Å². The van der Waals surface area contributed by atoms with Crippen LogP contribution >= 0.6 is 11.8 Å². The number of hydrogen-bond donors (Lipinski definition) is 0. The minimum absolute atomic E-state index is 0.684. The Hall–Kier alpha value is -1.68. The van der Waals surface area contributed by atoms with Gasteiger partial charge in [-0.1, -0.05) is 23.9 Å². The van der Waals surface area contributed by atoms with E-state index in [0.717, 1.165) is 16.1 Å². The van der Waals surface area contributed by atoms with Gasteiger partial charge >= 0.3 is 0 Å². The van der Waals surface area contributed by atoms with Crippen molar-refractivity contribution < 1.29 is 4.79 Å². The lowest BCUT2D eigenvalue weighted by Crippen LogP contribution is -1.80. The van der Waals surface area contributed by atoms with E-state index < -0.39 is 0 Å². The fourth-order valence-electron chi connectivity index (χ4n) is 1.09. The van der Waals surface area contributed by atoms with E-state index >= 15 is 0 Å². The summed E-state index contributed by atoms with van der Waals surface area (Å²) in [5.41, 5.74) is 0.684. The molecule has 0 unspecified atom stereocenters. The monoisotopic (exact) mass is 216 g/mol. The molecule has 2 aromatic rings. The molecule has 0 fully saturated rings. The van der Waals surface area contributed by atoms with E-state index in [2.05, 4.69) is 9.97 Å².